The van der Waals surface area contributed by atoms with Crippen molar-refractivity contribution in [2.75, 3.05) is 5.32 Å². The quantitative estimate of drug-likeness (QED) is 0.858. The highest BCUT2D eigenvalue weighted by Crippen LogP contribution is 2.17. The fraction of sp³-hybridized carbons (Fsp3) is 0.353. The van der Waals surface area contributed by atoms with Crippen LogP contribution in [0.2, 0.25) is 0 Å². The van der Waals surface area contributed by atoms with Gasteiger partial charge < -0.3 is 10.4 Å². The lowest BCUT2D eigenvalue weighted by molar-refractivity contribution is -0.136. The molecule has 0 bridgehead atoms. The van der Waals surface area contributed by atoms with E-state index in [-0.39, 0.29) is 18.4 Å². The highest BCUT2D eigenvalue weighted by molar-refractivity contribution is 6.04. The summed E-state index contributed by atoms with van der Waals surface area (Å²) < 4.78 is 1.80. The molecule has 6 heteroatoms. The molecule has 1 aromatic carbocycles. The second-order valence-corrected chi connectivity index (χ2v) is 5.73. The molecule has 1 aromatic heterocycles. The van der Waals surface area contributed by atoms with Crippen LogP contribution in [0, 0.1) is 6.92 Å². The number of amides is 1. The number of carbonyl (C=O) groups excluding carboxylic acids is 1. The Hall–Kier alpha value is -2.63. The standard InChI is InChI=1S/C17H21N3O3/c1-11(2)20-12(3)15(10-18-20)17(23)19-14-6-4-5-13(9-14)7-8-16(21)22/h4-6,9-11H,7-8H2,1-3H3,(H,19,23)(H,21,22). The Bertz CT molecular complexity index is 720. The average Bonchev–Trinajstić information content (AvgIpc) is 2.87. The molecule has 0 aliphatic rings. The summed E-state index contributed by atoms with van der Waals surface area (Å²) in [6.45, 7) is 5.88. The summed E-state index contributed by atoms with van der Waals surface area (Å²) in [6.07, 6.45) is 2.07. The molecule has 0 radical (unpaired) electrons. The molecule has 0 atom stereocenters. The molecule has 122 valence electrons. The fourth-order valence-electron chi connectivity index (χ4n) is 2.42. The lowest BCUT2D eigenvalue weighted by Gasteiger charge is -2.09. The Morgan fingerprint density at radius 2 is 2.09 bits per heavy atom. The van der Waals surface area contributed by atoms with Gasteiger partial charge in [-0.15, -0.1) is 0 Å². The number of benzene rings is 1. The monoisotopic (exact) mass is 315 g/mol. The number of carboxylic acid groups (broad SMARTS) is 1. The van der Waals surface area contributed by atoms with E-state index in [1.165, 1.54) is 0 Å². The van der Waals surface area contributed by atoms with Crippen LogP contribution in [0.25, 0.3) is 0 Å². The van der Waals surface area contributed by atoms with E-state index >= 15 is 0 Å². The maximum atomic E-state index is 12.4. The van der Waals surface area contributed by atoms with Crippen LogP contribution in [0.1, 0.15) is 47.9 Å². The molecule has 2 N–H and O–H groups in total. The summed E-state index contributed by atoms with van der Waals surface area (Å²) in [7, 11) is 0. The van der Waals surface area contributed by atoms with E-state index < -0.39 is 5.97 Å². The van der Waals surface area contributed by atoms with Crippen molar-refractivity contribution in [3.05, 3.63) is 47.3 Å². The number of hydrogen-bond donors (Lipinski definition) is 2. The third kappa shape index (κ3) is 4.18. The van der Waals surface area contributed by atoms with Gasteiger partial charge in [-0.2, -0.15) is 5.10 Å². The summed E-state index contributed by atoms with van der Waals surface area (Å²) in [4.78, 5) is 23.0. The van der Waals surface area contributed by atoms with Crippen LogP contribution in [0.5, 0.6) is 0 Å². The van der Waals surface area contributed by atoms with Gasteiger partial charge in [-0.3, -0.25) is 14.3 Å². The van der Waals surface area contributed by atoms with Gasteiger partial charge in [0.1, 0.15) is 0 Å². The third-order valence-corrected chi connectivity index (χ3v) is 3.59. The van der Waals surface area contributed by atoms with Crippen molar-refractivity contribution in [3.8, 4) is 0 Å². The second-order valence-electron chi connectivity index (χ2n) is 5.73. The van der Waals surface area contributed by atoms with Crippen molar-refractivity contribution >= 4 is 17.6 Å². The first-order valence-electron chi connectivity index (χ1n) is 7.54. The predicted molar refractivity (Wildman–Crippen MR) is 87.7 cm³/mol. The molecule has 2 aromatic rings. The summed E-state index contributed by atoms with van der Waals surface area (Å²) in [5.74, 6) is -1.05. The molecule has 2 rings (SSSR count). The van der Waals surface area contributed by atoms with Crippen LogP contribution >= 0.6 is 0 Å². The summed E-state index contributed by atoms with van der Waals surface area (Å²) in [5, 5.41) is 15.8. The van der Waals surface area contributed by atoms with Crippen LogP contribution in [0.15, 0.2) is 30.5 Å². The van der Waals surface area contributed by atoms with E-state index in [1.54, 1.807) is 29.1 Å². The molecule has 0 fully saturated rings. The van der Waals surface area contributed by atoms with Crippen molar-refractivity contribution in [3.63, 3.8) is 0 Å². The maximum absolute atomic E-state index is 12.4. The summed E-state index contributed by atoms with van der Waals surface area (Å²) >= 11 is 0. The Labute approximate surface area is 135 Å². The zero-order chi connectivity index (χ0) is 17.0. The number of carbonyl (C=O) groups is 2. The Morgan fingerprint density at radius 1 is 1.35 bits per heavy atom. The Morgan fingerprint density at radius 3 is 2.70 bits per heavy atom. The maximum Gasteiger partial charge on any atom is 0.303 e. The molecule has 23 heavy (non-hydrogen) atoms. The number of nitrogens with zero attached hydrogens (tertiary/aromatic N) is 2. The van der Waals surface area contributed by atoms with Gasteiger partial charge >= 0.3 is 5.97 Å². The molecule has 1 heterocycles. The molecule has 0 spiro atoms. The van der Waals surface area contributed by atoms with Gasteiger partial charge in [0.05, 0.1) is 11.8 Å². The summed E-state index contributed by atoms with van der Waals surface area (Å²) in [6, 6.07) is 7.42. The van der Waals surface area contributed by atoms with Gasteiger partial charge in [0.2, 0.25) is 0 Å². The van der Waals surface area contributed by atoms with Crippen molar-refractivity contribution in [2.45, 2.75) is 39.7 Å². The largest absolute Gasteiger partial charge is 0.481 e. The number of anilines is 1. The third-order valence-electron chi connectivity index (χ3n) is 3.59. The lowest BCUT2D eigenvalue weighted by atomic mass is 10.1. The number of aromatic nitrogens is 2. The van der Waals surface area contributed by atoms with Gasteiger partial charge in [0, 0.05) is 23.8 Å². The van der Waals surface area contributed by atoms with Gasteiger partial charge in [-0.25, -0.2) is 0 Å². The van der Waals surface area contributed by atoms with Crippen molar-refractivity contribution < 1.29 is 14.7 Å². The molecular formula is C17H21N3O3. The number of aryl methyl sites for hydroxylation is 1. The zero-order valence-corrected chi connectivity index (χ0v) is 13.5. The number of rotatable bonds is 6. The van der Waals surface area contributed by atoms with Crippen LogP contribution in [-0.4, -0.2) is 26.8 Å². The van der Waals surface area contributed by atoms with E-state index in [4.69, 9.17) is 5.11 Å². The van der Waals surface area contributed by atoms with E-state index in [2.05, 4.69) is 10.4 Å². The van der Waals surface area contributed by atoms with Crippen molar-refractivity contribution in [1.29, 1.82) is 0 Å². The van der Waals surface area contributed by atoms with E-state index in [0.29, 0.717) is 17.7 Å². The van der Waals surface area contributed by atoms with Gasteiger partial charge in [0.15, 0.2) is 0 Å². The first kappa shape index (κ1) is 16.7. The molecular weight excluding hydrogens is 294 g/mol. The van der Waals surface area contributed by atoms with E-state index in [1.807, 2.05) is 26.8 Å². The Balaban J connectivity index is 2.11. The number of aliphatic carboxylic acids is 1. The predicted octanol–water partition coefficient (Wildman–Crippen LogP) is 3.04. The minimum Gasteiger partial charge on any atom is -0.481 e. The SMILES string of the molecule is Cc1c(C(=O)Nc2cccc(CCC(=O)O)c2)cnn1C(C)C. The topological polar surface area (TPSA) is 84.2 Å². The van der Waals surface area contributed by atoms with Crippen LogP contribution < -0.4 is 5.32 Å². The van der Waals surface area contributed by atoms with Gasteiger partial charge in [-0.1, -0.05) is 12.1 Å². The molecule has 0 unspecified atom stereocenters. The van der Waals surface area contributed by atoms with Crippen LogP contribution in [0.3, 0.4) is 0 Å². The first-order chi connectivity index (χ1) is 10.9. The smallest absolute Gasteiger partial charge is 0.303 e. The normalized spacial score (nSPS) is 10.8. The number of nitrogens with one attached hydrogen (secondary N) is 1. The van der Waals surface area contributed by atoms with Crippen molar-refractivity contribution in [1.82, 2.24) is 9.78 Å². The minimum absolute atomic E-state index is 0.0671. The van der Waals surface area contributed by atoms with Gasteiger partial charge in [-0.05, 0) is 44.9 Å². The molecule has 0 saturated heterocycles. The minimum atomic E-state index is -0.837. The molecule has 0 aliphatic heterocycles. The molecule has 1 amide bonds. The fourth-order valence-corrected chi connectivity index (χ4v) is 2.42. The van der Waals surface area contributed by atoms with E-state index in [0.717, 1.165) is 11.3 Å². The lowest BCUT2D eigenvalue weighted by Crippen LogP contribution is -2.14. The molecule has 0 aliphatic carbocycles. The first-order valence-corrected chi connectivity index (χ1v) is 7.54. The average molecular weight is 315 g/mol. The molecule has 6 nitrogen and oxygen atoms in total. The number of hydrogen-bond acceptors (Lipinski definition) is 3. The molecule has 0 saturated carbocycles. The summed E-state index contributed by atoms with van der Waals surface area (Å²) in [5.41, 5.74) is 2.88. The van der Waals surface area contributed by atoms with Crippen molar-refractivity contribution in [2.24, 2.45) is 0 Å². The van der Waals surface area contributed by atoms with Crippen LogP contribution in [0.4, 0.5) is 5.69 Å². The second kappa shape index (κ2) is 7.09. The van der Waals surface area contributed by atoms with E-state index in [9.17, 15) is 9.59 Å². The Kier molecular flexibility index (Phi) is 5.16. The highest BCUT2D eigenvalue weighted by atomic mass is 16.4. The highest BCUT2D eigenvalue weighted by Gasteiger charge is 2.15. The zero-order valence-electron chi connectivity index (χ0n) is 13.5. The van der Waals surface area contributed by atoms with Gasteiger partial charge in [0.25, 0.3) is 5.91 Å². The number of carboxylic acids is 1. The van der Waals surface area contributed by atoms with Crippen LogP contribution in [-0.2, 0) is 11.2 Å².